The normalized spacial score (nSPS) is 10.7. The van der Waals surface area contributed by atoms with Crippen LogP contribution in [0.3, 0.4) is 0 Å². The van der Waals surface area contributed by atoms with Crippen LogP contribution in [-0.4, -0.2) is 45.6 Å². The van der Waals surface area contributed by atoms with Gasteiger partial charge in [0.2, 0.25) is 5.69 Å². The number of alkyl halides is 3. The van der Waals surface area contributed by atoms with Crippen molar-refractivity contribution in [1.82, 2.24) is 19.1 Å². The second kappa shape index (κ2) is 44.4. The van der Waals surface area contributed by atoms with Crippen molar-refractivity contribution in [2.24, 2.45) is 10.1 Å². The van der Waals surface area contributed by atoms with Crippen LogP contribution in [0.15, 0.2) is 117 Å². The molecule has 0 aromatic carbocycles. The number of aliphatic imine (C=N–C) groups is 1. The van der Waals surface area contributed by atoms with E-state index in [1.165, 1.54) is 106 Å². The van der Waals surface area contributed by atoms with Gasteiger partial charge in [-0.05, 0) is 274 Å². The van der Waals surface area contributed by atoms with E-state index in [4.69, 9.17) is 11.1 Å². The van der Waals surface area contributed by atoms with E-state index in [0.717, 1.165) is 67.7 Å². The van der Waals surface area contributed by atoms with E-state index in [0.29, 0.717) is 4.88 Å². The molecule has 12 rings (SSSR count). The second-order valence-corrected chi connectivity index (χ2v) is 29.2. The first kappa shape index (κ1) is 81.9. The number of aromatic nitrogens is 4. The molecule has 10 nitrogen and oxygen atoms in total. The van der Waals surface area contributed by atoms with Gasteiger partial charge in [-0.1, -0.05) is 15.5 Å². The number of hydrogen-bond donors (Lipinski definition) is 0. The minimum atomic E-state index is -4.18. The summed E-state index contributed by atoms with van der Waals surface area (Å²) in [5.41, 5.74) is 15.5. The lowest BCUT2D eigenvalue weighted by Gasteiger charge is -2.03. The van der Waals surface area contributed by atoms with E-state index in [1.54, 1.807) is 88.2 Å². The molecule has 1 saturated carbocycles. The Balaban J connectivity index is 0.000000496. The third kappa shape index (κ3) is 32.3. The first-order valence-corrected chi connectivity index (χ1v) is 35.6. The van der Waals surface area contributed by atoms with Crippen LogP contribution >= 0.6 is 102 Å². The summed E-state index contributed by atoms with van der Waals surface area (Å²) in [5.74, 6) is 1.84. The third-order valence-corrected chi connectivity index (χ3v) is 21.0. The van der Waals surface area contributed by atoms with Crippen LogP contribution in [0.4, 0.5) is 23.6 Å². The van der Waals surface area contributed by atoms with Crippen LogP contribution in [0, 0.1) is 131 Å². The average Bonchev–Trinajstić information content (AvgIpc) is 4.59. The molecule has 0 spiro atoms. The highest BCUT2D eigenvalue weighted by Gasteiger charge is 2.32. The molecule has 11 aromatic rings. The van der Waals surface area contributed by atoms with Crippen molar-refractivity contribution < 1.29 is 31.8 Å². The van der Waals surface area contributed by atoms with Gasteiger partial charge >= 0.3 is 6.18 Å². The molecule has 0 bridgehead atoms. The summed E-state index contributed by atoms with van der Waals surface area (Å²) in [6.07, 6.45) is 7.50. The smallest absolute Gasteiger partial charge is 0.399 e. The molecule has 1 aliphatic rings. The van der Waals surface area contributed by atoms with Crippen LogP contribution in [0.1, 0.15) is 136 Å². The molecule has 1 fully saturated rings. The Morgan fingerprint density at radius 1 is 0.578 bits per heavy atom. The van der Waals surface area contributed by atoms with Crippen molar-refractivity contribution in [2.75, 3.05) is 14.2 Å². The number of halogens is 4. The highest BCUT2D eigenvalue weighted by Crippen LogP contribution is 2.43. The SMILES string of the molecule is CN=Cc1ccsc1C.CO/N=C/c1ccsc1C.Cc1ccsc1C.Cc1cnoc1C.Cc1cnsc1C.Cc1conc1C.Cc1csc(C)c1C.Cc1csnc1C.Cc1sccc1C(F)(F)F.Cc1sccc1C1CC1.F.[C-]#[N+]c1ccsc1C. The largest absolute Gasteiger partial charge is 0.417 e. The molecule has 23 heteroatoms. The van der Waals surface area contributed by atoms with Crippen LogP contribution in [-0.2, 0) is 11.0 Å². The second-order valence-electron chi connectivity index (χ2n) is 19.8. The third-order valence-electron chi connectivity index (χ3n) is 13.0. The standard InChI is InChI=1S/C8H10S.C7H9NOS.C7H9NS.C7H10S.C6H5F3S.C6H5NS.C6H8S.2C5H7NO.2C5H7NS.FH/c1-6-8(4-5-9-6)7-2-3-7;1-6-7(3-4-10-6)5-8-9-2;1-6-7(5-8-2)3-4-9-6;1-5-4-8-7(3)6(5)2;1-4-5(2-3-10-4)6(7,8)9;1-5-6(7-2)3-4-8-5;1-5-3-4-7-6(5)2;1-4-3-7-6-5(4)2;1-4-3-6-7-5(4)2;1-4-3-7-6-5(4)2;1-4-3-6-7-5(4)2;/h4-5,7H,2-3H2,1H3;3-5H,1-2H3;3-5H,1-2H3;4H,1-3H3;2-3H,1H3;3-4H,1H3;3-4H,1-2H3;4*3H,1-2H3;1H/b;8-5+;;;;;;;;;;. The van der Waals surface area contributed by atoms with Crippen molar-refractivity contribution in [1.29, 1.82) is 0 Å². The average molecular weight is 1400 g/mol. The number of hydrogen-bond acceptors (Lipinski definition) is 18. The van der Waals surface area contributed by atoms with Gasteiger partial charge < -0.3 is 13.9 Å². The Morgan fingerprint density at radius 2 is 1.14 bits per heavy atom. The molecular formula is C67H85F4N7O3S9. The molecule has 0 amide bonds. The molecule has 0 radical (unpaired) electrons. The molecule has 1 aliphatic carbocycles. The van der Waals surface area contributed by atoms with Crippen LogP contribution < -0.4 is 0 Å². The zero-order valence-corrected chi connectivity index (χ0v) is 62.4. The van der Waals surface area contributed by atoms with Gasteiger partial charge in [-0.2, -0.15) is 28.9 Å². The molecule has 0 unspecified atom stereocenters. The fourth-order valence-electron chi connectivity index (χ4n) is 6.15. The Morgan fingerprint density at radius 3 is 1.38 bits per heavy atom. The van der Waals surface area contributed by atoms with Gasteiger partial charge in [-0.15, -0.1) is 68.0 Å². The molecule has 0 saturated heterocycles. The van der Waals surface area contributed by atoms with E-state index in [2.05, 4.69) is 165 Å². The lowest BCUT2D eigenvalue weighted by molar-refractivity contribution is -0.137. The summed E-state index contributed by atoms with van der Waals surface area (Å²) >= 11 is 14.8. The molecule has 90 heavy (non-hydrogen) atoms. The van der Waals surface area contributed by atoms with Gasteiger partial charge in [0.05, 0.1) is 35.9 Å². The van der Waals surface area contributed by atoms with Gasteiger partial charge in [0.1, 0.15) is 19.1 Å². The number of aryl methyl sites for hydroxylation is 17. The topological polar surface area (TPSA) is 116 Å². The highest BCUT2D eigenvalue weighted by atomic mass is 32.1. The zero-order valence-electron chi connectivity index (χ0n) is 55.0. The lowest BCUT2D eigenvalue weighted by Crippen LogP contribution is -2.03. The molecule has 488 valence electrons. The van der Waals surface area contributed by atoms with Gasteiger partial charge in [0.25, 0.3) is 0 Å². The van der Waals surface area contributed by atoms with Crippen LogP contribution in [0.25, 0.3) is 4.85 Å². The number of thiophene rings is 7. The van der Waals surface area contributed by atoms with E-state index in [-0.39, 0.29) is 4.70 Å². The van der Waals surface area contributed by atoms with Crippen molar-refractivity contribution in [3.63, 3.8) is 0 Å². The summed E-state index contributed by atoms with van der Waals surface area (Å²) in [4.78, 5) is 21.5. The summed E-state index contributed by atoms with van der Waals surface area (Å²) in [6, 6.07) is 11.4. The van der Waals surface area contributed by atoms with E-state index >= 15 is 0 Å². The van der Waals surface area contributed by atoms with Crippen molar-refractivity contribution >= 4 is 121 Å². The van der Waals surface area contributed by atoms with Gasteiger partial charge in [-0.3, -0.25) is 9.70 Å². The maximum absolute atomic E-state index is 11.9. The minimum absolute atomic E-state index is 0. The molecule has 0 N–H and O–H groups in total. The summed E-state index contributed by atoms with van der Waals surface area (Å²) in [7, 11) is 3.33. The Labute approximate surface area is 567 Å². The van der Waals surface area contributed by atoms with E-state index in [1.807, 2.05) is 99.5 Å². The fourth-order valence-corrected chi connectivity index (χ4v) is 12.5. The first-order valence-electron chi connectivity index (χ1n) is 27.8. The Kier molecular flexibility index (Phi) is 40.5. The van der Waals surface area contributed by atoms with Gasteiger partial charge in [-0.25, -0.2) is 9.22 Å². The summed E-state index contributed by atoms with van der Waals surface area (Å²) in [6.45, 7) is 43.1. The molecule has 0 atom stereocenters. The quantitative estimate of drug-likeness (QED) is 0.0746. The minimum Gasteiger partial charge on any atom is -0.399 e. The zero-order chi connectivity index (χ0) is 66.6. The van der Waals surface area contributed by atoms with Crippen molar-refractivity contribution in [3.05, 3.63) is 227 Å². The molecule has 11 aromatic heterocycles. The summed E-state index contributed by atoms with van der Waals surface area (Å²) < 4.78 is 53.0. The lowest BCUT2D eigenvalue weighted by atomic mass is 10.2. The molecule has 11 heterocycles. The number of rotatable bonds is 4. The van der Waals surface area contributed by atoms with Crippen LogP contribution in [0.2, 0.25) is 0 Å². The predicted molar refractivity (Wildman–Crippen MR) is 387 cm³/mol. The predicted octanol–water partition coefficient (Wildman–Crippen LogP) is 24.1. The van der Waals surface area contributed by atoms with E-state index < -0.39 is 11.7 Å². The van der Waals surface area contributed by atoms with Crippen molar-refractivity contribution in [3.8, 4) is 0 Å². The first-order chi connectivity index (χ1) is 42.2. The molecular weight excluding hydrogens is 1320 g/mol. The highest BCUT2D eigenvalue weighted by molar-refractivity contribution is 7.11. The molecule has 0 aliphatic heterocycles. The maximum Gasteiger partial charge on any atom is 0.417 e. The summed E-state index contributed by atoms with van der Waals surface area (Å²) in [5, 5.41) is 26.9. The van der Waals surface area contributed by atoms with Gasteiger partial charge in [0.15, 0.2) is 0 Å². The fraction of sp³-hybridized carbons (Fsp3) is 0.358. The van der Waals surface area contributed by atoms with Crippen LogP contribution in [0.5, 0.6) is 0 Å². The Bertz CT molecular complexity index is 3430. The monoisotopic (exact) mass is 1400 g/mol. The van der Waals surface area contributed by atoms with E-state index in [9.17, 15) is 13.2 Å². The number of nitrogens with zero attached hydrogens (tertiary/aromatic N) is 7. The van der Waals surface area contributed by atoms with Crippen molar-refractivity contribution in [2.45, 2.75) is 150 Å². The van der Waals surface area contributed by atoms with Gasteiger partial charge in [0, 0.05) is 86.1 Å². The number of oxime groups is 1. The Hall–Kier alpha value is -6.07. The maximum atomic E-state index is 11.9.